The minimum Gasteiger partial charge on any atom is -0.390 e. The maximum Gasteiger partial charge on any atom is 0.178 e. The number of aryl methyl sites for hydroxylation is 2. The third-order valence-electron chi connectivity index (χ3n) is 10.9. The number of hydrogen-bond acceptors (Lipinski definition) is 5. The number of allylic oxidation sites excluding steroid dienone is 4. The molecule has 7 heteroatoms. The van der Waals surface area contributed by atoms with E-state index in [4.69, 9.17) is 0 Å². The van der Waals surface area contributed by atoms with E-state index in [0.717, 1.165) is 5.56 Å². The van der Waals surface area contributed by atoms with Gasteiger partial charge >= 0.3 is 0 Å². The molecule has 4 aliphatic carbocycles. The number of carbonyl (C=O) groups is 2. The highest BCUT2D eigenvalue weighted by Crippen LogP contribution is 2.70. The smallest absolute Gasteiger partial charge is 0.178 e. The zero-order valence-corrected chi connectivity index (χ0v) is 23.6. The maximum atomic E-state index is 17.4. The second-order valence-corrected chi connectivity index (χ2v) is 13.2. The fourth-order valence-electron chi connectivity index (χ4n) is 8.97. The largest absolute Gasteiger partial charge is 0.390 e. The normalized spacial score (nSPS) is 41.2. The molecule has 9 atom stereocenters. The lowest BCUT2D eigenvalue weighted by Crippen LogP contribution is -2.68. The number of aliphatic hydroxyl groups excluding tert-OH is 2. The summed E-state index contributed by atoms with van der Waals surface area (Å²) in [5.41, 5.74) is -0.712. The SMILES string of the molecule is Cc1ccc(CN(C)C[C@@H]2CC3C4C[C@H](F)C5=CC(=O)C=CC5(C)[C@@]4(F)C(O)CC3(C)C2C(=O)CO)cc1C. The zero-order chi connectivity index (χ0) is 28.5. The Morgan fingerprint density at radius 3 is 2.54 bits per heavy atom. The topological polar surface area (TPSA) is 77.8 Å². The molecule has 0 amide bonds. The molecule has 3 fully saturated rings. The molecule has 39 heavy (non-hydrogen) atoms. The number of Topliss-reactive ketones (excluding diaryl/α,β-unsaturated/α-hetero) is 1. The van der Waals surface area contributed by atoms with Crippen LogP contribution in [0.5, 0.6) is 0 Å². The van der Waals surface area contributed by atoms with Gasteiger partial charge in [-0.2, -0.15) is 0 Å². The summed E-state index contributed by atoms with van der Waals surface area (Å²) in [5.74, 6) is -2.59. The molecular weight excluding hydrogens is 500 g/mol. The second-order valence-electron chi connectivity index (χ2n) is 13.2. The average Bonchev–Trinajstić information content (AvgIpc) is 3.15. The number of carbonyl (C=O) groups excluding carboxylic acids is 2. The van der Waals surface area contributed by atoms with E-state index >= 15 is 8.78 Å². The molecule has 0 radical (unpaired) electrons. The Labute approximate surface area is 230 Å². The van der Waals surface area contributed by atoms with Gasteiger partial charge in [-0.1, -0.05) is 31.2 Å². The van der Waals surface area contributed by atoms with Gasteiger partial charge in [-0.3, -0.25) is 9.59 Å². The van der Waals surface area contributed by atoms with Gasteiger partial charge in [0.15, 0.2) is 17.2 Å². The van der Waals surface area contributed by atoms with E-state index in [0.29, 0.717) is 19.5 Å². The summed E-state index contributed by atoms with van der Waals surface area (Å²) in [6.45, 7) is 8.28. The Bertz CT molecular complexity index is 1240. The van der Waals surface area contributed by atoms with Crippen molar-refractivity contribution in [1.82, 2.24) is 4.90 Å². The van der Waals surface area contributed by atoms with Crippen LogP contribution in [-0.2, 0) is 16.1 Å². The third kappa shape index (κ3) is 4.18. The Morgan fingerprint density at radius 2 is 1.87 bits per heavy atom. The fourth-order valence-corrected chi connectivity index (χ4v) is 8.97. The quantitative estimate of drug-likeness (QED) is 0.556. The molecule has 0 aliphatic heterocycles. The summed E-state index contributed by atoms with van der Waals surface area (Å²) < 4.78 is 33.1. The standard InChI is InChI=1S/C32H41F2NO4/c1-18-6-7-20(10-19(18)2)15-35(5)16-21-11-23-24-13-26(33)25-12-22(37)8-9-31(25,4)32(24,34)28(39)14-30(23,3)29(21)27(38)17-36/h6-10,12,21,23-24,26,28-29,36,39H,11,13-17H2,1-5H3/t21-,23?,24?,26-,28?,29?,30?,31?,32-/m0/s1. The summed E-state index contributed by atoms with van der Waals surface area (Å²) in [7, 11) is 1.99. The van der Waals surface area contributed by atoms with Crippen molar-refractivity contribution in [3.8, 4) is 0 Å². The molecule has 1 aromatic carbocycles. The highest BCUT2D eigenvalue weighted by atomic mass is 19.1. The third-order valence-corrected chi connectivity index (χ3v) is 10.9. The van der Waals surface area contributed by atoms with E-state index < -0.39 is 47.2 Å². The van der Waals surface area contributed by atoms with E-state index in [-0.39, 0.29) is 41.8 Å². The van der Waals surface area contributed by atoms with E-state index in [2.05, 4.69) is 36.9 Å². The van der Waals surface area contributed by atoms with Gasteiger partial charge in [-0.25, -0.2) is 8.78 Å². The number of nitrogens with zero attached hydrogens (tertiary/aromatic N) is 1. The number of halogens is 2. The van der Waals surface area contributed by atoms with Gasteiger partial charge in [0, 0.05) is 30.3 Å². The molecule has 4 aliphatic rings. The predicted molar refractivity (Wildman–Crippen MR) is 145 cm³/mol. The minimum atomic E-state index is -2.17. The van der Waals surface area contributed by atoms with E-state index in [1.165, 1.54) is 29.4 Å². The zero-order valence-electron chi connectivity index (χ0n) is 23.6. The van der Waals surface area contributed by atoms with Crippen LogP contribution in [0.3, 0.4) is 0 Å². The first-order chi connectivity index (χ1) is 18.3. The van der Waals surface area contributed by atoms with E-state index in [1.54, 1.807) is 6.92 Å². The summed E-state index contributed by atoms with van der Waals surface area (Å²) >= 11 is 0. The van der Waals surface area contributed by atoms with Gasteiger partial charge in [0.05, 0.1) is 6.10 Å². The molecule has 0 heterocycles. The number of alkyl halides is 2. The highest BCUT2D eigenvalue weighted by Gasteiger charge is 2.73. The molecule has 0 saturated heterocycles. The Hall–Kier alpha value is -2.22. The van der Waals surface area contributed by atoms with Gasteiger partial charge in [-0.05, 0) is 98.7 Å². The molecule has 3 saturated carbocycles. The molecule has 2 N–H and O–H groups in total. The van der Waals surface area contributed by atoms with Crippen LogP contribution >= 0.6 is 0 Å². The molecule has 6 unspecified atom stereocenters. The summed E-state index contributed by atoms with van der Waals surface area (Å²) in [6.07, 6.45) is 1.38. The van der Waals surface area contributed by atoms with E-state index in [1.807, 2.05) is 14.0 Å². The summed E-state index contributed by atoms with van der Waals surface area (Å²) in [5, 5.41) is 21.4. The Morgan fingerprint density at radius 1 is 1.15 bits per heavy atom. The van der Waals surface area contributed by atoms with Crippen molar-refractivity contribution in [2.75, 3.05) is 20.2 Å². The first-order valence-corrected chi connectivity index (χ1v) is 14.1. The van der Waals surface area contributed by atoms with Crippen LogP contribution < -0.4 is 0 Å². The van der Waals surface area contributed by atoms with Gasteiger partial charge in [0.2, 0.25) is 0 Å². The Kier molecular flexibility index (Phi) is 7.05. The fraction of sp³-hybridized carbons (Fsp3) is 0.625. The van der Waals surface area contributed by atoms with Crippen molar-refractivity contribution in [3.05, 3.63) is 58.7 Å². The predicted octanol–water partition coefficient (Wildman–Crippen LogP) is 4.46. The van der Waals surface area contributed by atoms with Crippen molar-refractivity contribution in [2.24, 2.45) is 34.5 Å². The number of fused-ring (bicyclic) bond motifs is 5. The molecule has 0 aromatic heterocycles. The van der Waals surface area contributed by atoms with Crippen molar-refractivity contribution < 1.29 is 28.6 Å². The van der Waals surface area contributed by atoms with Crippen molar-refractivity contribution >= 4 is 11.6 Å². The lowest BCUT2D eigenvalue weighted by atomic mass is 9.45. The highest BCUT2D eigenvalue weighted by molar-refractivity contribution is 6.01. The van der Waals surface area contributed by atoms with Crippen LogP contribution in [0, 0.1) is 48.3 Å². The monoisotopic (exact) mass is 541 g/mol. The summed E-state index contributed by atoms with van der Waals surface area (Å²) in [6, 6.07) is 6.34. The number of aliphatic hydroxyl groups is 2. The molecular formula is C32H41F2NO4. The van der Waals surface area contributed by atoms with Gasteiger partial charge < -0.3 is 15.1 Å². The number of rotatable bonds is 6. The molecule has 0 bridgehead atoms. The molecule has 5 nitrogen and oxygen atoms in total. The second kappa shape index (κ2) is 9.71. The number of ketones is 2. The minimum absolute atomic E-state index is 0.0417. The van der Waals surface area contributed by atoms with Crippen molar-refractivity contribution in [1.29, 1.82) is 0 Å². The van der Waals surface area contributed by atoms with Crippen molar-refractivity contribution in [2.45, 2.75) is 71.4 Å². The van der Waals surface area contributed by atoms with E-state index in [9.17, 15) is 19.8 Å². The van der Waals surface area contributed by atoms with Crippen LogP contribution in [-0.4, -0.2) is 64.8 Å². The number of hydrogen-bond donors (Lipinski definition) is 2. The first kappa shape index (κ1) is 28.3. The van der Waals surface area contributed by atoms with Crippen LogP contribution in [0.25, 0.3) is 0 Å². The number of benzene rings is 1. The lowest BCUT2D eigenvalue weighted by Gasteiger charge is -2.62. The van der Waals surface area contributed by atoms with Gasteiger partial charge in [0.25, 0.3) is 0 Å². The van der Waals surface area contributed by atoms with Crippen LogP contribution in [0.2, 0.25) is 0 Å². The molecule has 0 spiro atoms. The molecule has 1 aromatic rings. The molecule has 5 rings (SSSR count). The van der Waals surface area contributed by atoms with Crippen molar-refractivity contribution in [3.63, 3.8) is 0 Å². The molecule has 212 valence electrons. The lowest BCUT2D eigenvalue weighted by molar-refractivity contribution is -0.202. The maximum absolute atomic E-state index is 17.4. The van der Waals surface area contributed by atoms with Crippen LogP contribution in [0.15, 0.2) is 42.0 Å². The first-order valence-electron chi connectivity index (χ1n) is 14.1. The van der Waals surface area contributed by atoms with Gasteiger partial charge in [0.1, 0.15) is 12.8 Å². The van der Waals surface area contributed by atoms with Crippen LogP contribution in [0.4, 0.5) is 8.78 Å². The van der Waals surface area contributed by atoms with Gasteiger partial charge in [-0.15, -0.1) is 0 Å². The summed E-state index contributed by atoms with van der Waals surface area (Å²) in [4.78, 5) is 27.5. The average molecular weight is 542 g/mol. The Balaban J connectivity index is 1.48. The van der Waals surface area contributed by atoms with Crippen LogP contribution in [0.1, 0.15) is 49.8 Å².